The van der Waals surface area contributed by atoms with Crippen LogP contribution in [0.15, 0.2) is 21.4 Å². The van der Waals surface area contributed by atoms with Gasteiger partial charge in [-0.15, -0.1) is 0 Å². The van der Waals surface area contributed by atoms with Crippen LogP contribution in [0.25, 0.3) is 10.9 Å². The van der Waals surface area contributed by atoms with Crippen molar-refractivity contribution in [3.63, 3.8) is 0 Å². The summed E-state index contributed by atoms with van der Waals surface area (Å²) in [5, 5.41) is 0.635. The monoisotopic (exact) mass is 282 g/mol. The Morgan fingerprint density at radius 2 is 1.88 bits per heavy atom. The predicted octanol–water partition coefficient (Wildman–Crippen LogP) is 3.33. The molecule has 4 heteroatoms. The third kappa shape index (κ3) is 2.50. The van der Waals surface area contributed by atoms with E-state index in [9.17, 15) is 4.79 Å². The maximum absolute atomic E-state index is 11.6. The molecule has 0 saturated heterocycles. The normalized spacial score (nSPS) is 9.81. The minimum atomic E-state index is -0.0805. The number of hydrogen-bond donors (Lipinski definition) is 1. The van der Waals surface area contributed by atoms with Gasteiger partial charge in [0.15, 0.2) is 0 Å². The van der Waals surface area contributed by atoms with Crippen molar-refractivity contribution in [3.05, 3.63) is 38.3 Å². The van der Waals surface area contributed by atoms with Crippen molar-refractivity contribution in [2.45, 2.75) is 27.7 Å². The van der Waals surface area contributed by atoms with E-state index >= 15 is 0 Å². The highest BCUT2D eigenvalue weighted by Gasteiger charge is 2.04. The summed E-state index contributed by atoms with van der Waals surface area (Å²) in [6, 6.07) is 3.71. The van der Waals surface area contributed by atoms with E-state index in [1.807, 2.05) is 32.9 Å². The van der Waals surface area contributed by atoms with E-state index in [2.05, 4.69) is 25.9 Å². The Kier molecular flexibility index (Phi) is 4.24. The summed E-state index contributed by atoms with van der Waals surface area (Å²) in [7, 11) is 0. The average Bonchev–Trinajstić information content (AvgIpc) is 2.24. The summed E-state index contributed by atoms with van der Waals surface area (Å²) in [5.74, 6) is 0.637. The van der Waals surface area contributed by atoms with Gasteiger partial charge in [0, 0.05) is 4.47 Å². The van der Waals surface area contributed by atoms with E-state index in [0.717, 1.165) is 15.6 Å². The Labute approximate surface area is 103 Å². The van der Waals surface area contributed by atoms with Crippen molar-refractivity contribution < 1.29 is 0 Å². The molecule has 2 aromatic rings. The Hall–Kier alpha value is -1.16. The van der Waals surface area contributed by atoms with E-state index in [0.29, 0.717) is 11.2 Å². The highest BCUT2D eigenvalue weighted by molar-refractivity contribution is 9.10. The van der Waals surface area contributed by atoms with E-state index in [1.54, 1.807) is 6.92 Å². The summed E-state index contributed by atoms with van der Waals surface area (Å²) in [6.45, 7) is 7.72. The number of H-pyrrole nitrogens is 1. The van der Waals surface area contributed by atoms with Crippen LogP contribution in [-0.2, 0) is 0 Å². The molecule has 0 radical (unpaired) electrons. The van der Waals surface area contributed by atoms with Gasteiger partial charge in [0.2, 0.25) is 0 Å². The Balaban J connectivity index is 0.000000606. The third-order valence-electron chi connectivity index (χ3n) is 2.10. The number of aromatic nitrogens is 2. The van der Waals surface area contributed by atoms with Gasteiger partial charge in [-0.05, 0) is 31.5 Å². The van der Waals surface area contributed by atoms with Crippen molar-refractivity contribution in [1.29, 1.82) is 0 Å². The summed E-state index contributed by atoms with van der Waals surface area (Å²) in [5.41, 5.74) is 1.68. The van der Waals surface area contributed by atoms with Gasteiger partial charge in [-0.1, -0.05) is 29.8 Å². The Morgan fingerprint density at radius 1 is 1.25 bits per heavy atom. The van der Waals surface area contributed by atoms with Gasteiger partial charge >= 0.3 is 0 Å². The maximum Gasteiger partial charge on any atom is 0.258 e. The molecule has 0 bridgehead atoms. The molecule has 16 heavy (non-hydrogen) atoms. The second-order valence-corrected chi connectivity index (χ2v) is 4.12. The number of aromatic amines is 1. The molecule has 0 aliphatic carbocycles. The molecule has 0 spiro atoms. The number of nitrogens with one attached hydrogen (secondary N) is 1. The second kappa shape index (κ2) is 5.25. The van der Waals surface area contributed by atoms with Crippen LogP contribution < -0.4 is 5.56 Å². The molecule has 0 fully saturated rings. The van der Waals surface area contributed by atoms with Crippen molar-refractivity contribution in [2.24, 2.45) is 0 Å². The number of rotatable bonds is 0. The van der Waals surface area contributed by atoms with Crippen molar-refractivity contribution >= 4 is 26.8 Å². The quantitative estimate of drug-likeness (QED) is 0.806. The molecule has 0 atom stereocenters. The highest BCUT2D eigenvalue weighted by Crippen LogP contribution is 2.20. The summed E-state index contributed by atoms with van der Waals surface area (Å²) < 4.78 is 0.975. The van der Waals surface area contributed by atoms with Crippen LogP contribution in [-0.4, -0.2) is 9.97 Å². The van der Waals surface area contributed by atoms with E-state index in [-0.39, 0.29) is 5.56 Å². The summed E-state index contributed by atoms with van der Waals surface area (Å²) in [4.78, 5) is 18.5. The Morgan fingerprint density at radius 3 is 2.50 bits per heavy atom. The molecule has 0 amide bonds. The van der Waals surface area contributed by atoms with Crippen LogP contribution in [0.5, 0.6) is 0 Å². The molecule has 0 unspecified atom stereocenters. The lowest BCUT2D eigenvalue weighted by molar-refractivity contribution is 1.06. The zero-order chi connectivity index (χ0) is 12.3. The van der Waals surface area contributed by atoms with Crippen LogP contribution >= 0.6 is 15.9 Å². The summed E-state index contributed by atoms with van der Waals surface area (Å²) >= 11 is 3.41. The number of benzene rings is 1. The average molecular weight is 283 g/mol. The van der Waals surface area contributed by atoms with Crippen molar-refractivity contribution in [2.75, 3.05) is 0 Å². The number of hydrogen-bond acceptors (Lipinski definition) is 2. The maximum atomic E-state index is 11.6. The van der Waals surface area contributed by atoms with E-state index < -0.39 is 0 Å². The molecule has 86 valence electrons. The minimum absolute atomic E-state index is 0.0805. The smallest absolute Gasteiger partial charge is 0.258 e. The zero-order valence-electron chi connectivity index (χ0n) is 9.89. The third-order valence-corrected chi connectivity index (χ3v) is 2.96. The fraction of sp³-hybridized carbons (Fsp3) is 0.333. The first-order valence-electron chi connectivity index (χ1n) is 5.25. The van der Waals surface area contributed by atoms with Gasteiger partial charge < -0.3 is 4.98 Å². The van der Waals surface area contributed by atoms with Crippen molar-refractivity contribution in [3.8, 4) is 0 Å². The first-order chi connectivity index (χ1) is 7.58. The topological polar surface area (TPSA) is 45.8 Å². The molecule has 1 N–H and O–H groups in total. The molecule has 3 nitrogen and oxygen atoms in total. The lowest BCUT2D eigenvalue weighted by Gasteiger charge is -2.01. The molecule has 2 rings (SSSR count). The first kappa shape index (κ1) is 12.9. The van der Waals surface area contributed by atoms with Crippen LogP contribution in [0, 0.1) is 13.8 Å². The van der Waals surface area contributed by atoms with Crippen LogP contribution in [0.4, 0.5) is 0 Å². The van der Waals surface area contributed by atoms with Gasteiger partial charge in [0.25, 0.3) is 5.56 Å². The van der Waals surface area contributed by atoms with Crippen molar-refractivity contribution in [1.82, 2.24) is 9.97 Å². The molecule has 0 saturated carbocycles. The van der Waals surface area contributed by atoms with Crippen LogP contribution in [0.1, 0.15) is 25.2 Å². The number of nitrogens with zero attached hydrogens (tertiary/aromatic N) is 1. The van der Waals surface area contributed by atoms with E-state index in [4.69, 9.17) is 0 Å². The fourth-order valence-corrected chi connectivity index (χ4v) is 1.72. The van der Waals surface area contributed by atoms with Gasteiger partial charge in [-0.25, -0.2) is 4.98 Å². The van der Waals surface area contributed by atoms with Crippen LogP contribution in [0.3, 0.4) is 0 Å². The SMILES string of the molecule is CC.Cc1nc2cc(Br)c(C)cc2c(=O)[nH]1. The molecule has 1 aromatic heterocycles. The standard InChI is InChI=1S/C10H9BrN2O.C2H6/c1-5-3-7-9(4-8(5)11)12-6(2)13-10(7)14;1-2/h3-4H,1-2H3,(H,12,13,14);1-2H3. The Bertz CT molecular complexity index is 561. The minimum Gasteiger partial charge on any atom is -0.310 e. The van der Waals surface area contributed by atoms with Gasteiger partial charge in [-0.3, -0.25) is 4.79 Å². The van der Waals surface area contributed by atoms with E-state index in [1.165, 1.54) is 0 Å². The lowest BCUT2D eigenvalue weighted by atomic mass is 10.2. The van der Waals surface area contributed by atoms with Gasteiger partial charge in [-0.2, -0.15) is 0 Å². The summed E-state index contributed by atoms with van der Waals surface area (Å²) in [6.07, 6.45) is 0. The molecule has 0 aliphatic heterocycles. The molecule has 1 heterocycles. The second-order valence-electron chi connectivity index (χ2n) is 3.27. The van der Waals surface area contributed by atoms with Gasteiger partial charge in [0.05, 0.1) is 10.9 Å². The number of halogens is 1. The molecule has 0 aliphatic rings. The molecular formula is C12H15BrN2O. The molecular weight excluding hydrogens is 268 g/mol. The first-order valence-corrected chi connectivity index (χ1v) is 6.04. The lowest BCUT2D eigenvalue weighted by Crippen LogP contribution is -2.09. The molecule has 1 aromatic carbocycles. The zero-order valence-corrected chi connectivity index (χ0v) is 11.5. The van der Waals surface area contributed by atoms with Crippen LogP contribution in [0.2, 0.25) is 0 Å². The number of aryl methyl sites for hydroxylation is 2. The fourth-order valence-electron chi connectivity index (χ4n) is 1.39. The van der Waals surface area contributed by atoms with Gasteiger partial charge in [0.1, 0.15) is 5.82 Å². The largest absolute Gasteiger partial charge is 0.310 e. The number of fused-ring (bicyclic) bond motifs is 1. The predicted molar refractivity (Wildman–Crippen MR) is 70.9 cm³/mol. The highest BCUT2D eigenvalue weighted by atomic mass is 79.9.